The van der Waals surface area contributed by atoms with E-state index in [1.54, 1.807) is 30.3 Å². The minimum Gasteiger partial charge on any atom is -0.305 e. The van der Waals surface area contributed by atoms with E-state index >= 15 is 0 Å². The van der Waals surface area contributed by atoms with Crippen molar-refractivity contribution in [2.24, 2.45) is 0 Å². The highest BCUT2D eigenvalue weighted by atomic mass is 32.2. The maximum absolute atomic E-state index is 13.9. The first-order valence-electron chi connectivity index (χ1n) is 12.4. The van der Waals surface area contributed by atoms with E-state index in [2.05, 4.69) is 4.98 Å². The Morgan fingerprint density at radius 3 is 2.42 bits per heavy atom. The first kappa shape index (κ1) is 27.4. The molecule has 4 rings (SSSR count). The molecule has 1 heterocycles. The van der Waals surface area contributed by atoms with E-state index in [4.69, 9.17) is 5.26 Å². The number of anilines is 1. The minimum absolute atomic E-state index is 0.117. The summed E-state index contributed by atoms with van der Waals surface area (Å²) in [7, 11) is -3.23. The number of hydrogen-bond donors (Lipinski definition) is 0. The van der Waals surface area contributed by atoms with Crippen LogP contribution in [0.3, 0.4) is 0 Å². The van der Waals surface area contributed by atoms with Crippen molar-refractivity contribution in [3.05, 3.63) is 89.2 Å². The van der Waals surface area contributed by atoms with Gasteiger partial charge in [-0.1, -0.05) is 43.5 Å². The number of aromatic nitrogens is 1. The van der Waals surface area contributed by atoms with Gasteiger partial charge in [-0.15, -0.1) is 0 Å². The van der Waals surface area contributed by atoms with Gasteiger partial charge in [0.15, 0.2) is 11.6 Å². The Bertz CT molecular complexity index is 1440. The topological polar surface area (TPSA) is 94.4 Å². The second-order valence-corrected chi connectivity index (χ2v) is 11.4. The van der Waals surface area contributed by atoms with E-state index in [9.17, 15) is 22.0 Å². The molecular formula is C28H28F2N4O3S. The fourth-order valence-electron chi connectivity index (χ4n) is 4.64. The van der Waals surface area contributed by atoms with Crippen LogP contribution in [0.1, 0.15) is 54.8 Å². The molecule has 1 amide bonds. The van der Waals surface area contributed by atoms with Crippen LogP contribution < -0.4 is 4.90 Å². The van der Waals surface area contributed by atoms with Crippen LogP contribution in [0, 0.1) is 23.0 Å². The molecule has 1 fully saturated rings. The van der Waals surface area contributed by atoms with Crippen LogP contribution in [0.4, 0.5) is 14.5 Å². The van der Waals surface area contributed by atoms with Crippen molar-refractivity contribution in [3.63, 3.8) is 0 Å². The van der Waals surface area contributed by atoms with Crippen LogP contribution in [-0.4, -0.2) is 37.2 Å². The number of rotatable bonds is 8. The second kappa shape index (κ2) is 11.8. The van der Waals surface area contributed by atoms with E-state index in [0.29, 0.717) is 23.4 Å². The van der Waals surface area contributed by atoms with Gasteiger partial charge in [-0.2, -0.15) is 9.57 Å². The third-order valence-corrected chi connectivity index (χ3v) is 8.58. The number of sulfonamides is 1. The Kier molecular flexibility index (Phi) is 8.49. The van der Waals surface area contributed by atoms with Gasteiger partial charge in [-0.3, -0.25) is 9.78 Å². The van der Waals surface area contributed by atoms with Crippen molar-refractivity contribution in [1.29, 1.82) is 5.26 Å². The smallest absolute Gasteiger partial charge is 0.243 e. The molecule has 2 aromatic carbocycles. The normalized spacial score (nSPS) is 14.3. The zero-order valence-electron chi connectivity index (χ0n) is 21.0. The summed E-state index contributed by atoms with van der Waals surface area (Å²) in [6.45, 7) is -0.455. The van der Waals surface area contributed by atoms with Gasteiger partial charge in [0, 0.05) is 18.9 Å². The molecule has 0 saturated heterocycles. The van der Waals surface area contributed by atoms with Crippen LogP contribution in [0.2, 0.25) is 0 Å². The molecule has 1 aromatic heterocycles. The number of carbonyl (C=O) groups is 1. The number of nitriles is 1. The molecule has 0 bridgehead atoms. The lowest BCUT2D eigenvalue weighted by molar-refractivity contribution is -0.118. The van der Waals surface area contributed by atoms with Gasteiger partial charge in [0.2, 0.25) is 15.9 Å². The maximum atomic E-state index is 13.9. The van der Waals surface area contributed by atoms with E-state index in [0.717, 1.165) is 23.2 Å². The molecule has 0 aliphatic heterocycles. The van der Waals surface area contributed by atoms with Crippen molar-refractivity contribution < 1.29 is 22.0 Å². The first-order valence-corrected chi connectivity index (χ1v) is 13.8. The summed E-state index contributed by atoms with van der Waals surface area (Å²) in [5, 5.41) is 9.02. The molecule has 0 atom stereocenters. The van der Waals surface area contributed by atoms with Gasteiger partial charge in [0.1, 0.15) is 6.07 Å². The fraction of sp³-hybridized carbons (Fsp3) is 0.321. The maximum Gasteiger partial charge on any atom is 0.243 e. The van der Waals surface area contributed by atoms with Gasteiger partial charge in [-0.05, 0) is 54.7 Å². The highest BCUT2D eigenvalue weighted by Gasteiger charge is 2.28. The molecule has 1 saturated carbocycles. The predicted octanol–water partition coefficient (Wildman–Crippen LogP) is 5.13. The average molecular weight is 539 g/mol. The molecule has 0 spiro atoms. The molecule has 10 heteroatoms. The monoisotopic (exact) mass is 538 g/mol. The summed E-state index contributed by atoms with van der Waals surface area (Å²) in [4.78, 5) is 18.8. The van der Waals surface area contributed by atoms with Crippen molar-refractivity contribution >= 4 is 21.6 Å². The summed E-state index contributed by atoms with van der Waals surface area (Å²) in [5.41, 5.74) is 1.64. The van der Waals surface area contributed by atoms with Crippen molar-refractivity contribution in [2.45, 2.75) is 49.5 Å². The van der Waals surface area contributed by atoms with E-state index in [-0.39, 0.29) is 6.54 Å². The Morgan fingerprint density at radius 2 is 1.79 bits per heavy atom. The van der Waals surface area contributed by atoms with E-state index < -0.39 is 44.6 Å². The summed E-state index contributed by atoms with van der Waals surface area (Å²) in [6, 6.07) is 15.4. The summed E-state index contributed by atoms with van der Waals surface area (Å²) < 4.78 is 54.5. The molecule has 1 aliphatic carbocycles. The zero-order chi connectivity index (χ0) is 27.3. The van der Waals surface area contributed by atoms with Crippen LogP contribution in [0.5, 0.6) is 0 Å². The number of amides is 1. The number of likely N-dealkylation sites (N-methyl/N-ethyl adjacent to an activating group) is 1. The molecule has 0 radical (unpaired) electrons. The summed E-state index contributed by atoms with van der Waals surface area (Å²) >= 11 is 0. The number of carbonyl (C=O) groups excluding carboxylic acids is 1. The van der Waals surface area contributed by atoms with Gasteiger partial charge < -0.3 is 4.90 Å². The van der Waals surface area contributed by atoms with Crippen LogP contribution in [0.15, 0.2) is 65.7 Å². The van der Waals surface area contributed by atoms with Crippen molar-refractivity contribution in [1.82, 2.24) is 9.29 Å². The molecule has 0 unspecified atom stereocenters. The van der Waals surface area contributed by atoms with E-state index in [1.807, 2.05) is 18.3 Å². The molecule has 1 aliphatic rings. The van der Waals surface area contributed by atoms with Gasteiger partial charge in [-0.25, -0.2) is 17.2 Å². The third kappa shape index (κ3) is 6.06. The largest absolute Gasteiger partial charge is 0.305 e. The Labute approximate surface area is 221 Å². The number of hydrogen-bond acceptors (Lipinski definition) is 5. The first-order chi connectivity index (χ1) is 18.2. The van der Waals surface area contributed by atoms with Gasteiger partial charge in [0.05, 0.1) is 29.2 Å². The van der Waals surface area contributed by atoms with Crippen LogP contribution in [0.25, 0.3) is 0 Å². The minimum atomic E-state index is -4.40. The third-order valence-electron chi connectivity index (χ3n) is 6.80. The molecule has 198 valence electrons. The number of halogens is 2. The van der Waals surface area contributed by atoms with Gasteiger partial charge in [0.25, 0.3) is 0 Å². The molecule has 0 N–H and O–H groups in total. The predicted molar refractivity (Wildman–Crippen MR) is 139 cm³/mol. The number of nitrogens with zero attached hydrogens (tertiary/aromatic N) is 4. The number of para-hydroxylation sites is 1. The molecule has 38 heavy (non-hydrogen) atoms. The Hall–Kier alpha value is -3.68. The number of benzene rings is 2. The lowest BCUT2D eigenvalue weighted by Gasteiger charge is -2.26. The van der Waals surface area contributed by atoms with Crippen LogP contribution >= 0.6 is 0 Å². The highest BCUT2D eigenvalue weighted by Crippen LogP contribution is 2.32. The average Bonchev–Trinajstić information content (AvgIpc) is 2.94. The Balaban J connectivity index is 1.55. The standard InChI is InChI=1S/C28H28F2N4O3S/c1-33(38(36,37)25-14-22(16-31)28(30)26(29)15-25)19-27(35)34(24-10-6-3-7-11-24)18-23-13-12-21(17-32-23)20-8-4-2-5-9-20/h3,6-7,10-15,17,20H,2,4-5,8-9,18-19H2,1H3. The van der Waals surface area contributed by atoms with E-state index in [1.165, 1.54) is 42.8 Å². The second-order valence-electron chi connectivity index (χ2n) is 9.37. The molecular weight excluding hydrogens is 510 g/mol. The fourth-order valence-corrected chi connectivity index (χ4v) is 5.79. The summed E-state index contributed by atoms with van der Waals surface area (Å²) in [6.07, 6.45) is 7.82. The quantitative estimate of drug-likeness (QED) is 0.396. The lowest BCUT2D eigenvalue weighted by Crippen LogP contribution is -2.41. The highest BCUT2D eigenvalue weighted by molar-refractivity contribution is 7.89. The molecule has 3 aromatic rings. The Morgan fingerprint density at radius 1 is 1.08 bits per heavy atom. The van der Waals surface area contributed by atoms with Crippen molar-refractivity contribution in [3.8, 4) is 6.07 Å². The SMILES string of the molecule is CN(CC(=O)N(Cc1ccc(C2CCCCC2)cn1)c1ccccc1)S(=O)(=O)c1cc(F)c(F)c(C#N)c1. The summed E-state index contributed by atoms with van der Waals surface area (Å²) in [5.74, 6) is -2.93. The molecule has 7 nitrogen and oxygen atoms in total. The lowest BCUT2D eigenvalue weighted by atomic mass is 9.85. The number of pyridine rings is 1. The van der Waals surface area contributed by atoms with Gasteiger partial charge >= 0.3 is 0 Å². The van der Waals surface area contributed by atoms with Crippen molar-refractivity contribution in [2.75, 3.05) is 18.5 Å². The van der Waals surface area contributed by atoms with Crippen LogP contribution in [-0.2, 0) is 21.4 Å². The zero-order valence-corrected chi connectivity index (χ0v) is 21.8.